The number of para-hydroxylation sites is 1. The van der Waals surface area contributed by atoms with Gasteiger partial charge in [-0.2, -0.15) is 0 Å². The minimum atomic E-state index is -4.24. The Bertz CT molecular complexity index is 1370. The fraction of sp³-hybridized carbons (Fsp3) is 0.231. The van der Waals surface area contributed by atoms with Crippen LogP contribution in [0.5, 0.6) is 0 Å². The molecule has 0 aromatic heterocycles. The van der Waals surface area contributed by atoms with Crippen molar-refractivity contribution in [3.8, 4) is 0 Å². The van der Waals surface area contributed by atoms with E-state index < -0.39 is 28.3 Å². The van der Waals surface area contributed by atoms with Gasteiger partial charge in [0, 0.05) is 24.3 Å². The standard InChI is InChI=1S/C26H26FN3O4S/c1-18-9-13-21(14-10-18)35(33,34)30(23-7-4-3-6-22(23)27)17-25(31)28-20-12-11-19(2)24(16-20)29-15-5-8-26(29)32/h3-4,6-7,9-14,16H,5,8,15,17H2,1-2H3,(H,28,31). The van der Waals surface area contributed by atoms with Crippen molar-refractivity contribution < 1.29 is 22.4 Å². The van der Waals surface area contributed by atoms with Gasteiger partial charge in [-0.15, -0.1) is 0 Å². The summed E-state index contributed by atoms with van der Waals surface area (Å²) < 4.78 is 42.3. The highest BCUT2D eigenvalue weighted by molar-refractivity contribution is 7.92. The molecule has 2 amide bonds. The minimum Gasteiger partial charge on any atom is -0.324 e. The number of amides is 2. The first-order valence-electron chi connectivity index (χ1n) is 11.2. The van der Waals surface area contributed by atoms with Crippen LogP contribution >= 0.6 is 0 Å². The Labute approximate surface area is 204 Å². The lowest BCUT2D eigenvalue weighted by Gasteiger charge is -2.25. The molecular formula is C26H26FN3O4S. The fourth-order valence-electron chi connectivity index (χ4n) is 4.00. The first-order chi connectivity index (χ1) is 16.7. The number of hydrogen-bond acceptors (Lipinski definition) is 4. The molecule has 1 aliphatic rings. The van der Waals surface area contributed by atoms with E-state index in [1.807, 2.05) is 13.8 Å². The summed E-state index contributed by atoms with van der Waals surface area (Å²) in [5.74, 6) is -1.39. The first kappa shape index (κ1) is 24.4. The van der Waals surface area contributed by atoms with E-state index in [4.69, 9.17) is 0 Å². The van der Waals surface area contributed by atoms with Crippen molar-refractivity contribution >= 4 is 38.9 Å². The largest absolute Gasteiger partial charge is 0.324 e. The summed E-state index contributed by atoms with van der Waals surface area (Å²) >= 11 is 0. The Morgan fingerprint density at radius 1 is 1.06 bits per heavy atom. The molecule has 1 saturated heterocycles. The Morgan fingerprint density at radius 2 is 1.77 bits per heavy atom. The summed E-state index contributed by atoms with van der Waals surface area (Å²) in [5, 5.41) is 2.69. The molecule has 4 rings (SSSR count). The monoisotopic (exact) mass is 495 g/mol. The summed E-state index contributed by atoms with van der Waals surface area (Å²) in [5.41, 5.74) is 2.63. The molecule has 0 aliphatic carbocycles. The van der Waals surface area contributed by atoms with E-state index in [1.165, 1.54) is 30.3 Å². The van der Waals surface area contributed by atoms with Gasteiger partial charge in [-0.3, -0.25) is 13.9 Å². The van der Waals surface area contributed by atoms with Crippen molar-refractivity contribution in [3.63, 3.8) is 0 Å². The normalized spacial score (nSPS) is 13.7. The lowest BCUT2D eigenvalue weighted by molar-refractivity contribution is -0.117. The van der Waals surface area contributed by atoms with Crippen LogP contribution in [0, 0.1) is 19.7 Å². The summed E-state index contributed by atoms with van der Waals surface area (Å²) in [6.45, 7) is 3.67. The smallest absolute Gasteiger partial charge is 0.264 e. The maximum atomic E-state index is 14.7. The van der Waals surface area contributed by atoms with E-state index in [0.29, 0.717) is 24.3 Å². The second-order valence-electron chi connectivity index (χ2n) is 8.47. The summed E-state index contributed by atoms with van der Waals surface area (Å²) in [6.07, 6.45) is 1.24. The van der Waals surface area contributed by atoms with E-state index in [2.05, 4.69) is 5.32 Å². The molecule has 0 bridgehead atoms. The molecule has 0 saturated carbocycles. The Balaban J connectivity index is 1.63. The molecule has 182 valence electrons. The van der Waals surface area contributed by atoms with Crippen LogP contribution in [0.3, 0.4) is 0 Å². The Hall–Kier alpha value is -3.72. The highest BCUT2D eigenvalue weighted by atomic mass is 32.2. The zero-order valence-corrected chi connectivity index (χ0v) is 20.3. The zero-order valence-electron chi connectivity index (χ0n) is 19.5. The SMILES string of the molecule is Cc1ccc(S(=O)(=O)N(CC(=O)Nc2ccc(C)c(N3CCCC3=O)c2)c2ccccc2F)cc1. The second-order valence-corrected chi connectivity index (χ2v) is 10.3. The van der Waals surface area contributed by atoms with Gasteiger partial charge in [0.05, 0.1) is 10.6 Å². The Morgan fingerprint density at radius 3 is 2.43 bits per heavy atom. The van der Waals surface area contributed by atoms with Crippen LogP contribution in [0.4, 0.5) is 21.5 Å². The number of anilines is 3. The number of nitrogens with one attached hydrogen (secondary N) is 1. The number of aryl methyl sites for hydroxylation is 2. The van der Waals surface area contributed by atoms with Gasteiger partial charge < -0.3 is 10.2 Å². The molecule has 1 aliphatic heterocycles. The van der Waals surface area contributed by atoms with Gasteiger partial charge in [-0.1, -0.05) is 35.9 Å². The van der Waals surface area contributed by atoms with Crippen molar-refractivity contribution in [1.29, 1.82) is 0 Å². The van der Waals surface area contributed by atoms with Gasteiger partial charge in [0.15, 0.2) is 0 Å². The van der Waals surface area contributed by atoms with Gasteiger partial charge in [0.2, 0.25) is 11.8 Å². The van der Waals surface area contributed by atoms with Crippen molar-refractivity contribution in [2.24, 2.45) is 0 Å². The molecule has 35 heavy (non-hydrogen) atoms. The van der Waals surface area contributed by atoms with Crippen LogP contribution < -0.4 is 14.5 Å². The zero-order chi connectivity index (χ0) is 25.2. The molecule has 3 aromatic carbocycles. The average molecular weight is 496 g/mol. The number of carbonyl (C=O) groups is 2. The van der Waals surface area contributed by atoms with Gasteiger partial charge in [0.25, 0.3) is 10.0 Å². The van der Waals surface area contributed by atoms with E-state index >= 15 is 0 Å². The quantitative estimate of drug-likeness (QED) is 0.526. The molecule has 9 heteroatoms. The first-order valence-corrected chi connectivity index (χ1v) is 12.7. The molecule has 0 atom stereocenters. The molecule has 0 spiro atoms. The van der Waals surface area contributed by atoms with Gasteiger partial charge in [0.1, 0.15) is 12.4 Å². The number of carbonyl (C=O) groups excluding carboxylic acids is 2. The van der Waals surface area contributed by atoms with Gasteiger partial charge in [-0.05, 0) is 62.2 Å². The van der Waals surface area contributed by atoms with Gasteiger partial charge >= 0.3 is 0 Å². The number of sulfonamides is 1. The number of hydrogen-bond donors (Lipinski definition) is 1. The van der Waals surface area contributed by atoms with E-state index in [0.717, 1.165) is 27.9 Å². The van der Waals surface area contributed by atoms with Crippen LogP contribution in [0.1, 0.15) is 24.0 Å². The minimum absolute atomic E-state index is 0.0199. The maximum Gasteiger partial charge on any atom is 0.264 e. The van der Waals surface area contributed by atoms with Crippen molar-refractivity contribution in [2.75, 3.05) is 27.6 Å². The van der Waals surface area contributed by atoms with Crippen LogP contribution in [-0.4, -0.2) is 33.3 Å². The summed E-state index contributed by atoms with van der Waals surface area (Å²) in [4.78, 5) is 26.8. The number of halogens is 1. The summed E-state index contributed by atoms with van der Waals surface area (Å²) in [7, 11) is -4.24. The van der Waals surface area contributed by atoms with E-state index in [-0.39, 0.29) is 16.5 Å². The third kappa shape index (κ3) is 5.19. The molecular weight excluding hydrogens is 469 g/mol. The molecule has 1 fully saturated rings. The van der Waals surface area contributed by atoms with E-state index in [9.17, 15) is 22.4 Å². The highest BCUT2D eigenvalue weighted by Crippen LogP contribution is 2.29. The van der Waals surface area contributed by atoms with Gasteiger partial charge in [-0.25, -0.2) is 12.8 Å². The van der Waals surface area contributed by atoms with Crippen LogP contribution in [0.25, 0.3) is 0 Å². The topological polar surface area (TPSA) is 86.8 Å². The number of benzene rings is 3. The summed E-state index contributed by atoms with van der Waals surface area (Å²) in [6, 6.07) is 16.7. The average Bonchev–Trinajstić information content (AvgIpc) is 3.25. The second kappa shape index (κ2) is 9.87. The van der Waals surface area contributed by atoms with E-state index in [1.54, 1.807) is 35.2 Å². The predicted octanol–water partition coefficient (Wildman–Crippen LogP) is 4.40. The number of rotatable bonds is 7. The van der Waals surface area contributed by atoms with Crippen LogP contribution in [-0.2, 0) is 19.6 Å². The number of nitrogens with zero attached hydrogens (tertiary/aromatic N) is 2. The highest BCUT2D eigenvalue weighted by Gasteiger charge is 2.29. The third-order valence-corrected chi connectivity index (χ3v) is 7.65. The lowest BCUT2D eigenvalue weighted by atomic mass is 10.1. The van der Waals surface area contributed by atoms with Crippen LogP contribution in [0.2, 0.25) is 0 Å². The molecule has 1 N–H and O–H groups in total. The third-order valence-electron chi connectivity index (χ3n) is 5.87. The Kier molecular flexibility index (Phi) is 6.88. The van der Waals surface area contributed by atoms with Crippen molar-refractivity contribution in [3.05, 3.63) is 83.7 Å². The molecule has 0 unspecified atom stereocenters. The fourth-order valence-corrected chi connectivity index (χ4v) is 5.43. The molecule has 7 nitrogen and oxygen atoms in total. The molecule has 3 aromatic rings. The predicted molar refractivity (Wildman–Crippen MR) is 134 cm³/mol. The van der Waals surface area contributed by atoms with Crippen molar-refractivity contribution in [2.45, 2.75) is 31.6 Å². The lowest BCUT2D eigenvalue weighted by Crippen LogP contribution is -2.38. The van der Waals surface area contributed by atoms with Crippen LogP contribution in [0.15, 0.2) is 71.6 Å². The molecule has 1 heterocycles. The maximum absolute atomic E-state index is 14.7. The molecule has 0 radical (unpaired) electrons. The van der Waals surface area contributed by atoms with Crippen molar-refractivity contribution in [1.82, 2.24) is 0 Å².